The Hall–Kier alpha value is -4.99. The van der Waals surface area contributed by atoms with E-state index in [1.807, 2.05) is 0 Å². The van der Waals surface area contributed by atoms with Gasteiger partial charge in [-0.15, -0.1) is 0 Å². The first-order valence-electron chi connectivity index (χ1n) is 15.5. The number of esters is 2. The lowest BCUT2D eigenvalue weighted by atomic mass is 9.95. The molecule has 0 saturated carbocycles. The largest absolute Gasteiger partial charge is 0.490 e. The van der Waals surface area contributed by atoms with Crippen LogP contribution in [0.15, 0.2) is 80.1 Å². The number of carbonyl (C=O) groups excluding carboxylic acids is 2. The molecule has 0 amide bonds. The van der Waals surface area contributed by atoms with Crippen LogP contribution >= 0.6 is 38.9 Å². The maximum atomic E-state index is 14.2. The molecule has 51 heavy (non-hydrogen) atoms. The molecule has 1 atom stereocenters. The van der Waals surface area contributed by atoms with Gasteiger partial charge in [0.2, 0.25) is 0 Å². The van der Waals surface area contributed by atoms with Gasteiger partial charge in [0.25, 0.3) is 11.2 Å². The summed E-state index contributed by atoms with van der Waals surface area (Å²) in [6, 6.07) is 13.4. The number of halogens is 2. The number of fused-ring (bicyclic) bond motifs is 1. The van der Waals surface area contributed by atoms with Crippen molar-refractivity contribution in [2.45, 2.75) is 33.4 Å². The van der Waals surface area contributed by atoms with Gasteiger partial charge in [0.1, 0.15) is 6.61 Å². The van der Waals surface area contributed by atoms with Crippen LogP contribution in [0.25, 0.3) is 6.08 Å². The van der Waals surface area contributed by atoms with E-state index in [-0.39, 0.29) is 48.5 Å². The first-order chi connectivity index (χ1) is 24.4. The van der Waals surface area contributed by atoms with Crippen molar-refractivity contribution in [1.82, 2.24) is 4.57 Å². The molecule has 16 heteroatoms. The van der Waals surface area contributed by atoms with Crippen LogP contribution in [0.4, 0.5) is 5.69 Å². The van der Waals surface area contributed by atoms with E-state index in [1.165, 1.54) is 23.8 Å². The van der Waals surface area contributed by atoms with Gasteiger partial charge in [0, 0.05) is 12.1 Å². The van der Waals surface area contributed by atoms with Crippen molar-refractivity contribution in [2.75, 3.05) is 26.9 Å². The third kappa shape index (κ3) is 8.32. The molecule has 3 aromatic carbocycles. The standard InChI is InChI=1S/C35H31BrClN3O10S/c1-5-47-27-16-22(10-11-26(27)49-18-29(41)46-4)31-30(34(43)48-6-2)19(3)38-35-39(31)33(42)28(51-35)15-21-13-24(36)32(25(37)14-21)50-17-20-8-7-9-23(12-20)40(44)45/h7-16,31H,5-6,17-18H2,1-4H3/b28-15-/t31-/m0/s1. The molecule has 1 aliphatic heterocycles. The molecule has 13 nitrogen and oxygen atoms in total. The summed E-state index contributed by atoms with van der Waals surface area (Å²) in [5.41, 5.74) is 1.76. The predicted molar refractivity (Wildman–Crippen MR) is 192 cm³/mol. The van der Waals surface area contributed by atoms with Crippen LogP contribution in [0, 0.1) is 10.1 Å². The van der Waals surface area contributed by atoms with Gasteiger partial charge in [-0.25, -0.2) is 14.6 Å². The number of ether oxygens (including phenoxy) is 5. The highest BCUT2D eigenvalue weighted by atomic mass is 79.9. The lowest BCUT2D eigenvalue weighted by molar-refractivity contribution is -0.384. The Morgan fingerprint density at radius 1 is 1.08 bits per heavy atom. The summed E-state index contributed by atoms with van der Waals surface area (Å²) in [7, 11) is 1.25. The number of benzene rings is 3. The lowest BCUT2D eigenvalue weighted by Gasteiger charge is -2.25. The molecule has 0 unspecified atom stereocenters. The average Bonchev–Trinajstić information content (AvgIpc) is 3.40. The van der Waals surface area contributed by atoms with Gasteiger partial charge in [-0.1, -0.05) is 41.1 Å². The minimum absolute atomic E-state index is 0.0312. The van der Waals surface area contributed by atoms with Gasteiger partial charge >= 0.3 is 11.9 Å². The molecule has 0 bridgehead atoms. The third-order valence-electron chi connectivity index (χ3n) is 7.50. The zero-order valence-corrected chi connectivity index (χ0v) is 30.9. The normalized spacial score (nSPS) is 14.0. The summed E-state index contributed by atoms with van der Waals surface area (Å²) in [6.07, 6.45) is 1.65. The maximum Gasteiger partial charge on any atom is 0.343 e. The van der Waals surface area contributed by atoms with E-state index < -0.39 is 28.5 Å². The molecular weight excluding hydrogens is 770 g/mol. The monoisotopic (exact) mass is 799 g/mol. The van der Waals surface area contributed by atoms with E-state index in [0.29, 0.717) is 47.7 Å². The zero-order valence-electron chi connectivity index (χ0n) is 27.8. The minimum atomic E-state index is -0.934. The fourth-order valence-corrected chi connectivity index (χ4v) is 7.29. The smallest absolute Gasteiger partial charge is 0.343 e. The van der Waals surface area contributed by atoms with Crippen molar-refractivity contribution in [1.29, 1.82) is 0 Å². The molecular formula is C35H31BrClN3O10S. The van der Waals surface area contributed by atoms with Crippen molar-refractivity contribution in [3.05, 3.63) is 122 Å². The first kappa shape index (κ1) is 37.3. The molecule has 0 aliphatic carbocycles. The van der Waals surface area contributed by atoms with Crippen molar-refractivity contribution in [3.63, 3.8) is 0 Å². The second-order valence-electron chi connectivity index (χ2n) is 10.8. The molecule has 0 fully saturated rings. The highest BCUT2D eigenvalue weighted by Crippen LogP contribution is 2.37. The fraction of sp³-hybridized carbons (Fsp3) is 0.257. The Morgan fingerprint density at radius 3 is 2.55 bits per heavy atom. The third-order valence-corrected chi connectivity index (χ3v) is 9.35. The van der Waals surface area contributed by atoms with E-state index in [1.54, 1.807) is 69.3 Å². The van der Waals surface area contributed by atoms with Gasteiger partial charge in [0.05, 0.1) is 56.6 Å². The van der Waals surface area contributed by atoms with E-state index in [0.717, 1.165) is 11.3 Å². The second-order valence-corrected chi connectivity index (χ2v) is 13.1. The highest BCUT2D eigenvalue weighted by molar-refractivity contribution is 9.10. The number of non-ortho nitro benzene ring substituents is 1. The van der Waals surface area contributed by atoms with Crippen molar-refractivity contribution >= 4 is 62.6 Å². The number of allylic oxidation sites excluding steroid dienone is 1. The van der Waals surface area contributed by atoms with Crippen LogP contribution in [0.5, 0.6) is 17.2 Å². The summed E-state index contributed by atoms with van der Waals surface area (Å²) in [5, 5.41) is 11.4. The zero-order chi connectivity index (χ0) is 36.8. The van der Waals surface area contributed by atoms with E-state index in [9.17, 15) is 24.5 Å². The fourth-order valence-electron chi connectivity index (χ4n) is 5.25. The first-order valence-corrected chi connectivity index (χ1v) is 17.5. The molecule has 4 aromatic rings. The summed E-state index contributed by atoms with van der Waals surface area (Å²) >= 11 is 11.2. The molecule has 1 aliphatic rings. The number of thiazole rings is 1. The van der Waals surface area contributed by atoms with Crippen LogP contribution in [0.1, 0.15) is 43.5 Å². The van der Waals surface area contributed by atoms with Crippen LogP contribution in [-0.4, -0.2) is 48.4 Å². The van der Waals surface area contributed by atoms with Gasteiger partial charge in [-0.05, 0) is 83.7 Å². The molecule has 2 heterocycles. The summed E-state index contributed by atoms with van der Waals surface area (Å²) in [5.74, 6) is -0.310. The molecule has 266 valence electrons. The Balaban J connectivity index is 1.55. The van der Waals surface area contributed by atoms with Crippen LogP contribution in [0.3, 0.4) is 0 Å². The topological polar surface area (TPSA) is 158 Å². The molecule has 0 saturated heterocycles. The van der Waals surface area contributed by atoms with Crippen molar-refractivity contribution in [3.8, 4) is 17.2 Å². The van der Waals surface area contributed by atoms with E-state index in [2.05, 4.69) is 25.7 Å². The van der Waals surface area contributed by atoms with Gasteiger partial charge in [-0.3, -0.25) is 19.5 Å². The summed E-state index contributed by atoms with van der Waals surface area (Å²) in [6.45, 7) is 5.22. The molecule has 0 radical (unpaired) electrons. The second kappa shape index (κ2) is 16.4. The SMILES string of the molecule is CCOC(=O)C1=C(C)N=c2s/c(=C\c3cc(Cl)c(OCc4cccc([N+](=O)[O-])c4)c(Br)c3)c(=O)n2[C@H]1c1ccc(OCC(=O)OC)c(OCC)c1. The lowest BCUT2D eigenvalue weighted by Crippen LogP contribution is -2.40. The molecule has 5 rings (SSSR count). The number of carbonyl (C=O) groups is 2. The number of nitrogens with zero attached hydrogens (tertiary/aromatic N) is 3. The number of nitro benzene ring substituents is 1. The Labute approximate surface area is 308 Å². The Kier molecular flexibility index (Phi) is 12.0. The van der Waals surface area contributed by atoms with Gasteiger partial charge < -0.3 is 23.7 Å². The summed E-state index contributed by atoms with van der Waals surface area (Å²) < 4.78 is 29.6. The van der Waals surface area contributed by atoms with Crippen molar-refractivity contribution in [2.24, 2.45) is 4.99 Å². The Bertz CT molecular complexity index is 2210. The maximum absolute atomic E-state index is 14.2. The van der Waals surface area contributed by atoms with Gasteiger partial charge in [0.15, 0.2) is 28.7 Å². The van der Waals surface area contributed by atoms with Gasteiger partial charge in [-0.2, -0.15) is 0 Å². The number of hydrogen-bond acceptors (Lipinski definition) is 12. The van der Waals surface area contributed by atoms with E-state index in [4.69, 9.17) is 30.5 Å². The number of rotatable bonds is 13. The van der Waals surface area contributed by atoms with Crippen LogP contribution in [0.2, 0.25) is 5.02 Å². The average molecular weight is 801 g/mol. The number of hydrogen-bond donors (Lipinski definition) is 0. The van der Waals surface area contributed by atoms with Crippen LogP contribution in [-0.2, 0) is 25.7 Å². The highest BCUT2D eigenvalue weighted by Gasteiger charge is 2.34. The molecule has 1 aromatic heterocycles. The quantitative estimate of drug-likeness (QED) is 0.0940. The minimum Gasteiger partial charge on any atom is -0.490 e. The Morgan fingerprint density at radius 2 is 1.86 bits per heavy atom. The van der Waals surface area contributed by atoms with Crippen LogP contribution < -0.4 is 29.1 Å². The number of methoxy groups -OCH3 is 1. The number of aromatic nitrogens is 1. The summed E-state index contributed by atoms with van der Waals surface area (Å²) in [4.78, 5) is 54.9. The number of nitro groups is 1. The van der Waals surface area contributed by atoms with Crippen molar-refractivity contribution < 1.29 is 38.2 Å². The van der Waals surface area contributed by atoms with E-state index >= 15 is 0 Å². The predicted octanol–water partition coefficient (Wildman–Crippen LogP) is 5.65. The molecule has 0 spiro atoms. The molecule has 0 N–H and O–H groups in total.